The first-order valence-corrected chi connectivity index (χ1v) is 5.33. The van der Waals surface area contributed by atoms with E-state index in [1.165, 1.54) is 17.8 Å². The zero-order chi connectivity index (χ0) is 10.8. The van der Waals surface area contributed by atoms with Gasteiger partial charge in [0.2, 0.25) is 0 Å². The van der Waals surface area contributed by atoms with Gasteiger partial charge in [-0.3, -0.25) is 4.79 Å². The highest BCUT2D eigenvalue weighted by atomic mass is 32.2. The Balaban J connectivity index is 2.14. The lowest BCUT2D eigenvalue weighted by molar-refractivity contribution is -0.114. The summed E-state index contributed by atoms with van der Waals surface area (Å²) in [5, 5.41) is 0. The van der Waals surface area contributed by atoms with Gasteiger partial charge >= 0.3 is 0 Å². The zero-order valence-electron chi connectivity index (χ0n) is 7.80. The third kappa shape index (κ3) is 2.45. The number of allylic oxidation sites excluding steroid dienone is 2. The first kappa shape index (κ1) is 10.4. The number of hydrogen-bond acceptors (Lipinski definition) is 2. The van der Waals surface area contributed by atoms with E-state index in [0.29, 0.717) is 17.7 Å². The summed E-state index contributed by atoms with van der Waals surface area (Å²) in [5.41, 5.74) is 0. The normalized spacial score (nSPS) is 15.6. The van der Waals surface area contributed by atoms with Crippen molar-refractivity contribution in [2.75, 3.05) is 0 Å². The van der Waals surface area contributed by atoms with Crippen molar-refractivity contribution in [3.63, 3.8) is 0 Å². The van der Waals surface area contributed by atoms with Gasteiger partial charge in [-0.05, 0) is 35.6 Å². The number of carbonyl (C=O) groups is 1. The van der Waals surface area contributed by atoms with Gasteiger partial charge in [-0.15, -0.1) is 0 Å². The molecule has 0 aromatic heterocycles. The molecule has 0 unspecified atom stereocenters. The lowest BCUT2D eigenvalue weighted by atomic mass is 10.3. The summed E-state index contributed by atoms with van der Waals surface area (Å²) in [6.07, 6.45) is 2.78. The van der Waals surface area contributed by atoms with Gasteiger partial charge in [0, 0.05) is 11.3 Å². The van der Waals surface area contributed by atoms with E-state index in [4.69, 9.17) is 0 Å². The van der Waals surface area contributed by atoms with E-state index in [-0.39, 0.29) is 5.78 Å². The zero-order valence-corrected chi connectivity index (χ0v) is 8.61. The van der Waals surface area contributed by atoms with Crippen molar-refractivity contribution in [2.24, 2.45) is 0 Å². The van der Waals surface area contributed by atoms with E-state index in [1.54, 1.807) is 6.08 Å². The molecule has 0 aliphatic heterocycles. The number of ketones is 1. The standard InChI is InChI=1S/C11H8F2OS/c12-10-4-3-9(6-11(10)13)15-8-2-1-7(14)5-8/h3-6H,1-2H2. The largest absolute Gasteiger partial charge is 0.295 e. The minimum atomic E-state index is -0.857. The van der Waals surface area contributed by atoms with Gasteiger partial charge in [0.25, 0.3) is 0 Å². The Labute approximate surface area is 90.2 Å². The van der Waals surface area contributed by atoms with Gasteiger partial charge < -0.3 is 0 Å². The van der Waals surface area contributed by atoms with Gasteiger partial charge in [-0.2, -0.15) is 0 Å². The highest BCUT2D eigenvalue weighted by Crippen LogP contribution is 2.33. The monoisotopic (exact) mass is 226 g/mol. The molecule has 0 amide bonds. The molecule has 0 atom stereocenters. The van der Waals surface area contributed by atoms with Gasteiger partial charge in [0.05, 0.1) is 0 Å². The van der Waals surface area contributed by atoms with Crippen LogP contribution in [0.1, 0.15) is 12.8 Å². The van der Waals surface area contributed by atoms with Crippen LogP contribution in [0.2, 0.25) is 0 Å². The predicted octanol–water partition coefficient (Wildman–Crippen LogP) is 3.30. The number of benzene rings is 1. The van der Waals surface area contributed by atoms with Crippen LogP contribution >= 0.6 is 11.8 Å². The van der Waals surface area contributed by atoms with E-state index in [9.17, 15) is 13.6 Å². The Morgan fingerprint density at radius 2 is 1.93 bits per heavy atom. The van der Waals surface area contributed by atoms with E-state index < -0.39 is 11.6 Å². The molecule has 15 heavy (non-hydrogen) atoms. The van der Waals surface area contributed by atoms with Crippen molar-refractivity contribution in [1.29, 1.82) is 0 Å². The number of hydrogen-bond donors (Lipinski definition) is 0. The topological polar surface area (TPSA) is 17.1 Å². The molecule has 1 aliphatic carbocycles. The second-order valence-electron chi connectivity index (χ2n) is 3.25. The Bertz CT molecular complexity index is 440. The molecule has 4 heteroatoms. The molecule has 0 spiro atoms. The molecule has 0 fully saturated rings. The smallest absolute Gasteiger partial charge is 0.159 e. The Kier molecular flexibility index (Phi) is 2.86. The van der Waals surface area contributed by atoms with Crippen molar-refractivity contribution in [1.82, 2.24) is 0 Å². The fraction of sp³-hybridized carbons (Fsp3) is 0.182. The molecule has 78 valence electrons. The molecule has 0 radical (unpaired) electrons. The van der Waals surface area contributed by atoms with Crippen molar-refractivity contribution in [3.8, 4) is 0 Å². The lowest BCUT2D eigenvalue weighted by Gasteiger charge is -2.01. The Morgan fingerprint density at radius 1 is 1.13 bits per heavy atom. The number of carbonyl (C=O) groups excluding carboxylic acids is 1. The summed E-state index contributed by atoms with van der Waals surface area (Å²) in [4.78, 5) is 12.5. The number of rotatable bonds is 2. The van der Waals surface area contributed by atoms with Gasteiger partial charge in [-0.1, -0.05) is 11.8 Å². The third-order valence-corrected chi connectivity index (χ3v) is 3.15. The highest BCUT2D eigenvalue weighted by molar-refractivity contribution is 8.03. The third-order valence-electron chi connectivity index (χ3n) is 2.08. The average molecular weight is 226 g/mol. The molecule has 2 rings (SSSR count). The number of halogens is 2. The van der Waals surface area contributed by atoms with Crippen LogP contribution in [0, 0.1) is 11.6 Å². The van der Waals surface area contributed by atoms with Crippen LogP contribution in [0.15, 0.2) is 34.1 Å². The van der Waals surface area contributed by atoms with Crippen LogP contribution in [0.5, 0.6) is 0 Å². The van der Waals surface area contributed by atoms with E-state index in [0.717, 1.165) is 17.0 Å². The minimum Gasteiger partial charge on any atom is -0.295 e. The van der Waals surface area contributed by atoms with Crippen LogP contribution in [-0.2, 0) is 4.79 Å². The van der Waals surface area contributed by atoms with E-state index in [1.807, 2.05) is 0 Å². The molecule has 1 aliphatic rings. The maximum atomic E-state index is 12.9. The summed E-state index contributed by atoms with van der Waals surface area (Å²) >= 11 is 1.31. The van der Waals surface area contributed by atoms with Crippen molar-refractivity contribution < 1.29 is 13.6 Å². The molecule has 0 saturated heterocycles. The van der Waals surface area contributed by atoms with Crippen LogP contribution in [0.25, 0.3) is 0 Å². The predicted molar refractivity (Wildman–Crippen MR) is 54.5 cm³/mol. The van der Waals surface area contributed by atoms with Crippen LogP contribution in [-0.4, -0.2) is 5.78 Å². The van der Waals surface area contributed by atoms with Crippen LogP contribution < -0.4 is 0 Å². The molecule has 0 N–H and O–H groups in total. The summed E-state index contributed by atoms with van der Waals surface area (Å²) in [6, 6.07) is 3.74. The molecule has 0 heterocycles. The molecule has 0 saturated carbocycles. The Hall–Kier alpha value is -1.16. The van der Waals surface area contributed by atoms with Crippen LogP contribution in [0.3, 0.4) is 0 Å². The molecular formula is C11H8F2OS. The fourth-order valence-corrected chi connectivity index (χ4v) is 2.34. The maximum absolute atomic E-state index is 12.9. The quantitative estimate of drug-likeness (QED) is 0.769. The molecule has 1 aromatic carbocycles. The maximum Gasteiger partial charge on any atom is 0.159 e. The van der Waals surface area contributed by atoms with Gasteiger partial charge in [0.1, 0.15) is 0 Å². The molecule has 0 bridgehead atoms. The van der Waals surface area contributed by atoms with E-state index in [2.05, 4.69) is 0 Å². The molecular weight excluding hydrogens is 218 g/mol. The molecule has 1 nitrogen and oxygen atoms in total. The lowest BCUT2D eigenvalue weighted by Crippen LogP contribution is -1.83. The van der Waals surface area contributed by atoms with Crippen molar-refractivity contribution >= 4 is 17.5 Å². The van der Waals surface area contributed by atoms with Crippen molar-refractivity contribution in [2.45, 2.75) is 17.7 Å². The van der Waals surface area contributed by atoms with Crippen LogP contribution in [0.4, 0.5) is 8.78 Å². The minimum absolute atomic E-state index is 0.0973. The summed E-state index contributed by atoms with van der Waals surface area (Å²) in [7, 11) is 0. The fourth-order valence-electron chi connectivity index (χ4n) is 1.34. The second-order valence-corrected chi connectivity index (χ2v) is 4.45. The summed E-state index contributed by atoms with van der Waals surface area (Å²) < 4.78 is 25.5. The van der Waals surface area contributed by atoms with Gasteiger partial charge in [0.15, 0.2) is 17.4 Å². The van der Waals surface area contributed by atoms with E-state index >= 15 is 0 Å². The Morgan fingerprint density at radius 3 is 2.53 bits per heavy atom. The highest BCUT2D eigenvalue weighted by Gasteiger charge is 2.13. The summed E-state index contributed by atoms with van der Waals surface area (Å²) in [6.45, 7) is 0. The average Bonchev–Trinajstić information content (AvgIpc) is 2.58. The molecule has 1 aromatic rings. The second kappa shape index (κ2) is 4.14. The van der Waals surface area contributed by atoms with Gasteiger partial charge in [-0.25, -0.2) is 8.78 Å². The SMILES string of the molecule is O=C1C=C(Sc2ccc(F)c(F)c2)CC1. The number of thioether (sulfide) groups is 1. The van der Waals surface area contributed by atoms with Crippen molar-refractivity contribution in [3.05, 3.63) is 40.8 Å². The first-order chi connectivity index (χ1) is 7.15. The first-order valence-electron chi connectivity index (χ1n) is 4.51. The summed E-state index contributed by atoms with van der Waals surface area (Å²) in [5.74, 6) is -1.61.